The molecule has 0 radical (unpaired) electrons. The number of carbonyl (C=O) groups excluding carboxylic acids is 2. The molecule has 1 saturated carbocycles. The fraction of sp³-hybridized carbons (Fsp3) is 0.182. The van der Waals surface area contributed by atoms with Crippen molar-refractivity contribution >= 4 is 51.1 Å². The summed E-state index contributed by atoms with van der Waals surface area (Å²) in [6.45, 7) is 0. The Kier molecular flexibility index (Phi) is 5.03. The normalized spacial score (nSPS) is 13.5. The molecule has 7 nitrogen and oxygen atoms in total. The van der Waals surface area contributed by atoms with Gasteiger partial charge in [-0.25, -0.2) is 4.39 Å². The van der Waals surface area contributed by atoms with Gasteiger partial charge in [0.2, 0.25) is 5.91 Å². The average molecular weight is 435 g/mol. The number of carbonyl (C=O) groups is 2. The number of hydrogen-bond donors (Lipinski definition) is 3. The second-order valence-electron chi connectivity index (χ2n) is 7.42. The van der Waals surface area contributed by atoms with E-state index in [0.29, 0.717) is 21.8 Å². The van der Waals surface area contributed by atoms with Crippen molar-refractivity contribution in [2.45, 2.75) is 23.9 Å². The fourth-order valence-corrected chi connectivity index (χ4v) is 4.09. The minimum absolute atomic E-state index is 0.107. The number of H-pyrrole nitrogens is 1. The molecular formula is C22H18FN5O2S. The molecule has 0 saturated heterocycles. The van der Waals surface area contributed by atoms with E-state index in [1.807, 2.05) is 0 Å². The number of rotatable bonds is 6. The minimum Gasteiger partial charge on any atom is -0.352 e. The molecule has 0 atom stereocenters. The number of halogens is 1. The molecule has 2 amide bonds. The van der Waals surface area contributed by atoms with Crippen LogP contribution in [0.1, 0.15) is 23.2 Å². The molecule has 31 heavy (non-hydrogen) atoms. The van der Waals surface area contributed by atoms with E-state index >= 15 is 0 Å². The van der Waals surface area contributed by atoms with Crippen LogP contribution in [0.4, 0.5) is 10.1 Å². The van der Waals surface area contributed by atoms with Crippen LogP contribution in [0.3, 0.4) is 0 Å². The molecule has 4 aromatic rings. The highest BCUT2D eigenvalue weighted by atomic mass is 32.2. The Labute approximate surface area is 180 Å². The van der Waals surface area contributed by atoms with Gasteiger partial charge in [0.25, 0.3) is 5.91 Å². The predicted octanol–water partition coefficient (Wildman–Crippen LogP) is 3.87. The molecule has 1 aliphatic rings. The number of thioether (sulfide) groups is 1. The van der Waals surface area contributed by atoms with Gasteiger partial charge in [0.05, 0.1) is 17.5 Å². The van der Waals surface area contributed by atoms with Crippen molar-refractivity contribution < 1.29 is 14.0 Å². The van der Waals surface area contributed by atoms with Crippen molar-refractivity contribution in [3.05, 3.63) is 60.0 Å². The summed E-state index contributed by atoms with van der Waals surface area (Å²) in [6.07, 6.45) is 3.61. The topological polar surface area (TPSA) is 99.8 Å². The number of nitrogens with zero attached hydrogens (tertiary/aromatic N) is 2. The average Bonchev–Trinajstić information content (AvgIpc) is 3.50. The van der Waals surface area contributed by atoms with Crippen molar-refractivity contribution in [3.8, 4) is 0 Å². The molecule has 9 heteroatoms. The quantitative estimate of drug-likeness (QED) is 0.399. The summed E-state index contributed by atoms with van der Waals surface area (Å²) in [6, 6.07) is 11.6. The molecule has 0 unspecified atom stereocenters. The Morgan fingerprint density at radius 1 is 1.16 bits per heavy atom. The van der Waals surface area contributed by atoms with Crippen LogP contribution in [-0.4, -0.2) is 38.8 Å². The number of nitrogens with one attached hydrogen (secondary N) is 3. The van der Waals surface area contributed by atoms with Gasteiger partial charge >= 0.3 is 0 Å². The van der Waals surface area contributed by atoms with E-state index in [4.69, 9.17) is 0 Å². The lowest BCUT2D eigenvalue weighted by Gasteiger charge is -2.08. The Morgan fingerprint density at radius 3 is 2.87 bits per heavy atom. The van der Waals surface area contributed by atoms with Gasteiger partial charge in [-0.2, -0.15) is 5.10 Å². The van der Waals surface area contributed by atoms with E-state index in [0.717, 1.165) is 29.1 Å². The molecule has 1 fully saturated rings. The van der Waals surface area contributed by atoms with E-state index in [1.165, 1.54) is 23.9 Å². The monoisotopic (exact) mass is 435 g/mol. The standard InChI is InChI=1S/C22H18FN5O2S/c23-13-4-7-18-16(9-13)17-10-24-28-22(20(17)27-18)31-11-19(29)25-15-3-1-2-12(8-15)21(30)26-14-5-6-14/h1-4,7-10,14,27H,5-6,11H2,(H,25,29)(H,26,30). The van der Waals surface area contributed by atoms with Crippen molar-refractivity contribution in [2.75, 3.05) is 11.1 Å². The first-order valence-corrected chi connectivity index (χ1v) is 10.8. The van der Waals surface area contributed by atoms with Crippen LogP contribution in [0.25, 0.3) is 21.8 Å². The van der Waals surface area contributed by atoms with Crippen molar-refractivity contribution in [1.82, 2.24) is 20.5 Å². The smallest absolute Gasteiger partial charge is 0.251 e. The van der Waals surface area contributed by atoms with Gasteiger partial charge in [0.15, 0.2) is 0 Å². The second kappa shape index (κ2) is 7.99. The van der Waals surface area contributed by atoms with Crippen LogP contribution < -0.4 is 10.6 Å². The van der Waals surface area contributed by atoms with Gasteiger partial charge in [-0.15, -0.1) is 5.10 Å². The molecule has 156 valence electrons. The lowest BCUT2D eigenvalue weighted by Crippen LogP contribution is -2.25. The molecule has 0 aliphatic heterocycles. The molecule has 0 spiro atoms. The maximum Gasteiger partial charge on any atom is 0.251 e. The van der Waals surface area contributed by atoms with E-state index in [-0.39, 0.29) is 29.4 Å². The van der Waals surface area contributed by atoms with Gasteiger partial charge in [0.1, 0.15) is 10.8 Å². The summed E-state index contributed by atoms with van der Waals surface area (Å²) < 4.78 is 13.6. The van der Waals surface area contributed by atoms with Crippen molar-refractivity contribution in [2.24, 2.45) is 0 Å². The summed E-state index contributed by atoms with van der Waals surface area (Å²) in [7, 11) is 0. The van der Waals surface area contributed by atoms with Crippen molar-refractivity contribution in [3.63, 3.8) is 0 Å². The summed E-state index contributed by atoms with van der Waals surface area (Å²) >= 11 is 1.23. The summed E-state index contributed by atoms with van der Waals surface area (Å²) in [5.74, 6) is -0.585. The molecule has 1 aliphatic carbocycles. The van der Waals surface area contributed by atoms with Gasteiger partial charge in [-0.3, -0.25) is 9.59 Å². The molecule has 5 rings (SSSR count). The van der Waals surface area contributed by atoms with Crippen molar-refractivity contribution in [1.29, 1.82) is 0 Å². The van der Waals surface area contributed by atoms with Crippen LogP contribution in [0.5, 0.6) is 0 Å². The van der Waals surface area contributed by atoms with Crippen LogP contribution in [0, 0.1) is 5.82 Å². The summed E-state index contributed by atoms with van der Waals surface area (Å²) in [5, 5.41) is 15.9. The molecule has 0 bridgehead atoms. The molecule has 3 N–H and O–H groups in total. The third-order valence-electron chi connectivity index (χ3n) is 5.01. The predicted molar refractivity (Wildman–Crippen MR) is 118 cm³/mol. The highest BCUT2D eigenvalue weighted by Gasteiger charge is 2.23. The van der Waals surface area contributed by atoms with Crippen LogP contribution in [-0.2, 0) is 4.79 Å². The Balaban J connectivity index is 1.28. The third-order valence-corrected chi connectivity index (χ3v) is 5.98. The van der Waals surface area contributed by atoms with Gasteiger partial charge in [-0.05, 0) is 49.2 Å². The first-order chi connectivity index (χ1) is 15.1. The van der Waals surface area contributed by atoms with Crippen LogP contribution in [0.2, 0.25) is 0 Å². The zero-order valence-corrected chi connectivity index (χ0v) is 17.1. The van der Waals surface area contributed by atoms with Gasteiger partial charge in [-0.1, -0.05) is 17.8 Å². The highest BCUT2D eigenvalue weighted by molar-refractivity contribution is 8.00. The second-order valence-corrected chi connectivity index (χ2v) is 8.38. The zero-order valence-electron chi connectivity index (χ0n) is 16.3. The van der Waals surface area contributed by atoms with E-state index in [9.17, 15) is 14.0 Å². The molecule has 2 heterocycles. The fourth-order valence-electron chi connectivity index (χ4n) is 3.34. The first kappa shape index (κ1) is 19.5. The lowest BCUT2D eigenvalue weighted by atomic mass is 10.2. The van der Waals surface area contributed by atoms with Crippen LogP contribution in [0.15, 0.2) is 53.7 Å². The molecule has 2 aromatic carbocycles. The third kappa shape index (κ3) is 4.22. The number of amides is 2. The zero-order chi connectivity index (χ0) is 21.4. The number of benzene rings is 2. The number of aromatic amines is 1. The van der Waals surface area contributed by atoms with Gasteiger partial charge < -0.3 is 15.6 Å². The first-order valence-electron chi connectivity index (χ1n) is 9.83. The lowest BCUT2D eigenvalue weighted by molar-refractivity contribution is -0.113. The minimum atomic E-state index is -0.327. The molecular weight excluding hydrogens is 417 g/mol. The van der Waals surface area contributed by atoms with E-state index in [1.54, 1.807) is 36.5 Å². The maximum absolute atomic E-state index is 13.6. The Bertz CT molecular complexity index is 1320. The Morgan fingerprint density at radius 2 is 2.03 bits per heavy atom. The largest absolute Gasteiger partial charge is 0.352 e. The maximum atomic E-state index is 13.6. The van der Waals surface area contributed by atoms with Gasteiger partial charge in [0, 0.05) is 33.6 Å². The Hall–Kier alpha value is -3.46. The number of aromatic nitrogens is 3. The SMILES string of the molecule is O=C(CSc1nncc2c1[nH]c1ccc(F)cc12)Nc1cccc(C(=O)NC2CC2)c1. The van der Waals surface area contributed by atoms with Crippen LogP contribution >= 0.6 is 11.8 Å². The number of fused-ring (bicyclic) bond motifs is 3. The summed E-state index contributed by atoms with van der Waals surface area (Å²) in [5.41, 5.74) is 2.56. The number of hydrogen-bond acceptors (Lipinski definition) is 5. The number of anilines is 1. The summed E-state index contributed by atoms with van der Waals surface area (Å²) in [4.78, 5) is 27.9. The van der Waals surface area contributed by atoms with E-state index in [2.05, 4.69) is 25.8 Å². The molecule has 2 aromatic heterocycles. The van der Waals surface area contributed by atoms with E-state index < -0.39 is 0 Å². The highest BCUT2D eigenvalue weighted by Crippen LogP contribution is 2.31.